The number of carbonyl (C=O) groups excluding carboxylic acids is 1. The van der Waals surface area contributed by atoms with Gasteiger partial charge >= 0.3 is 0 Å². The van der Waals surface area contributed by atoms with E-state index in [0.717, 1.165) is 17.7 Å². The molecule has 1 saturated heterocycles. The van der Waals surface area contributed by atoms with E-state index in [4.69, 9.17) is 10.5 Å². The summed E-state index contributed by atoms with van der Waals surface area (Å²) >= 11 is 0. The summed E-state index contributed by atoms with van der Waals surface area (Å²) in [6, 6.07) is 15.4. The van der Waals surface area contributed by atoms with Gasteiger partial charge in [-0.2, -0.15) is 5.10 Å². The number of nitrogens with two attached hydrogens (primary N) is 1. The van der Waals surface area contributed by atoms with Gasteiger partial charge in [0.2, 0.25) is 15.7 Å². The highest BCUT2D eigenvalue weighted by Gasteiger charge is 2.40. The van der Waals surface area contributed by atoms with Crippen LogP contribution in [0.1, 0.15) is 43.1 Å². The lowest BCUT2D eigenvalue weighted by atomic mass is 9.97. The first-order valence-electron chi connectivity index (χ1n) is 12.6. The number of benzene rings is 1. The first-order chi connectivity index (χ1) is 18.6. The molecule has 4 heterocycles. The van der Waals surface area contributed by atoms with Crippen molar-refractivity contribution in [3.05, 3.63) is 84.3 Å². The summed E-state index contributed by atoms with van der Waals surface area (Å²) in [7, 11) is -4.23. The molecule has 1 amide bonds. The minimum Gasteiger partial charge on any atom is -0.473 e. The summed E-state index contributed by atoms with van der Waals surface area (Å²) in [6.45, 7) is 6.95. The number of hydrogen-bond donors (Lipinski definition) is 1. The molecule has 0 radical (unpaired) electrons. The Morgan fingerprint density at radius 2 is 1.90 bits per heavy atom. The summed E-state index contributed by atoms with van der Waals surface area (Å²) in [5.74, 6) is -0.137. The third-order valence-electron chi connectivity index (χ3n) is 6.77. The molecule has 4 aromatic rings. The molecule has 10 nitrogen and oxygen atoms in total. The Morgan fingerprint density at radius 1 is 1.13 bits per heavy atom. The molecule has 11 heteroatoms. The summed E-state index contributed by atoms with van der Waals surface area (Å²) < 4.78 is 35.0. The van der Waals surface area contributed by atoms with Crippen LogP contribution < -0.4 is 15.4 Å². The molecule has 1 fully saturated rings. The second-order valence-corrected chi connectivity index (χ2v) is 12.2. The molecule has 5 rings (SSSR count). The van der Waals surface area contributed by atoms with Gasteiger partial charge < -0.3 is 15.4 Å². The van der Waals surface area contributed by atoms with Crippen LogP contribution in [0, 0.1) is 5.92 Å². The van der Waals surface area contributed by atoms with E-state index < -0.39 is 15.7 Å². The maximum absolute atomic E-state index is 13.8. The fourth-order valence-corrected chi connectivity index (χ4v) is 6.50. The average molecular weight is 547 g/mol. The smallest absolute Gasteiger partial charge is 0.253 e. The van der Waals surface area contributed by atoms with Gasteiger partial charge in [0.25, 0.3) is 5.91 Å². The topological polar surface area (TPSA) is 133 Å². The zero-order valence-electron chi connectivity index (χ0n) is 22.0. The van der Waals surface area contributed by atoms with Crippen LogP contribution in [0.5, 0.6) is 5.88 Å². The molecule has 0 spiro atoms. The van der Waals surface area contributed by atoms with Gasteiger partial charge in [-0.15, -0.1) is 0 Å². The van der Waals surface area contributed by atoms with Crippen LogP contribution in [0.2, 0.25) is 0 Å². The summed E-state index contributed by atoms with van der Waals surface area (Å²) in [4.78, 5) is 23.0. The van der Waals surface area contributed by atoms with Crippen LogP contribution in [0.3, 0.4) is 0 Å². The molecule has 1 unspecified atom stereocenters. The van der Waals surface area contributed by atoms with Crippen LogP contribution in [-0.2, 0) is 16.4 Å². The number of pyridine rings is 2. The van der Waals surface area contributed by atoms with E-state index in [0.29, 0.717) is 12.5 Å². The number of ether oxygens (including phenoxy) is 1. The monoisotopic (exact) mass is 546 g/mol. The predicted octanol–water partition coefficient (Wildman–Crippen LogP) is 3.80. The molecule has 202 valence electrons. The molecule has 0 aliphatic carbocycles. The Hall–Kier alpha value is -4.25. The zero-order chi connectivity index (χ0) is 27.8. The van der Waals surface area contributed by atoms with Crippen molar-refractivity contribution in [3.8, 4) is 11.6 Å². The highest BCUT2D eigenvalue weighted by atomic mass is 32.2. The van der Waals surface area contributed by atoms with E-state index in [1.807, 2.05) is 55.3 Å². The molecule has 39 heavy (non-hydrogen) atoms. The molecule has 0 bridgehead atoms. The van der Waals surface area contributed by atoms with E-state index >= 15 is 0 Å². The number of aromatic nitrogens is 4. The van der Waals surface area contributed by atoms with E-state index in [2.05, 4.69) is 22.0 Å². The highest BCUT2D eigenvalue weighted by Crippen LogP contribution is 2.39. The number of anilines is 1. The number of carbonyl (C=O) groups is 1. The van der Waals surface area contributed by atoms with Crippen molar-refractivity contribution < 1.29 is 17.9 Å². The number of rotatable bonds is 8. The first-order valence-corrected chi connectivity index (χ1v) is 14.0. The number of para-hydroxylation sites is 1. The van der Waals surface area contributed by atoms with Crippen molar-refractivity contribution in [2.45, 2.75) is 49.3 Å². The Kier molecular flexibility index (Phi) is 6.85. The van der Waals surface area contributed by atoms with E-state index in [-0.39, 0.29) is 39.3 Å². The van der Waals surface area contributed by atoms with E-state index in [1.54, 1.807) is 23.0 Å². The van der Waals surface area contributed by atoms with Gasteiger partial charge in [0.15, 0.2) is 5.03 Å². The number of amides is 1. The Morgan fingerprint density at radius 3 is 2.59 bits per heavy atom. The molecule has 1 atom stereocenters. The third-order valence-corrected chi connectivity index (χ3v) is 8.47. The fourth-order valence-electron chi connectivity index (χ4n) is 5.11. The molecule has 1 aromatic carbocycles. The summed E-state index contributed by atoms with van der Waals surface area (Å²) in [5.41, 5.74) is 6.98. The molecular formula is C28H30N6O4S. The lowest BCUT2D eigenvalue weighted by Gasteiger charge is -2.33. The largest absolute Gasteiger partial charge is 0.473 e. The van der Waals surface area contributed by atoms with Crippen molar-refractivity contribution in [2.24, 2.45) is 11.7 Å². The number of hydrogen-bond acceptors (Lipinski definition) is 8. The standard InChI is InChI=1S/C28H30N6O4S/c1-19-14-28(2,3)33(16-19)27-25(26(29)35)22(12-13-30-27)39(36,37)24-11-7-10-23(32-24)38-18-20-15-31-34(17-20)21-8-5-4-6-9-21/h4-13,15,17,19H,14,16,18H2,1-3H3,(H2,29,35). The van der Waals surface area contributed by atoms with Crippen LogP contribution in [0.4, 0.5) is 5.82 Å². The van der Waals surface area contributed by atoms with Gasteiger partial charge in [0.05, 0.1) is 16.8 Å². The minimum atomic E-state index is -4.23. The second kappa shape index (κ2) is 10.1. The zero-order valence-corrected chi connectivity index (χ0v) is 22.8. The van der Waals surface area contributed by atoms with Crippen molar-refractivity contribution in [2.75, 3.05) is 11.4 Å². The molecule has 1 aliphatic heterocycles. The highest BCUT2D eigenvalue weighted by molar-refractivity contribution is 7.91. The summed E-state index contributed by atoms with van der Waals surface area (Å²) in [5, 5.41) is 4.09. The van der Waals surface area contributed by atoms with Gasteiger partial charge in [0.1, 0.15) is 18.0 Å². The lowest BCUT2D eigenvalue weighted by Crippen LogP contribution is -2.40. The van der Waals surface area contributed by atoms with Gasteiger partial charge in [-0.3, -0.25) is 4.79 Å². The molecule has 0 saturated carbocycles. The van der Waals surface area contributed by atoms with Crippen molar-refractivity contribution in [1.29, 1.82) is 0 Å². The third kappa shape index (κ3) is 5.22. The van der Waals surface area contributed by atoms with Crippen molar-refractivity contribution in [1.82, 2.24) is 19.7 Å². The summed E-state index contributed by atoms with van der Waals surface area (Å²) in [6.07, 6.45) is 5.76. The molecule has 1 aliphatic rings. The Labute approximate surface area is 227 Å². The normalized spacial score (nSPS) is 16.8. The first kappa shape index (κ1) is 26.4. The predicted molar refractivity (Wildman–Crippen MR) is 146 cm³/mol. The number of primary amides is 1. The average Bonchev–Trinajstić information content (AvgIpc) is 3.50. The Balaban J connectivity index is 1.43. The van der Waals surface area contributed by atoms with Gasteiger partial charge in [-0.05, 0) is 50.5 Å². The van der Waals surface area contributed by atoms with Crippen molar-refractivity contribution >= 4 is 21.6 Å². The second-order valence-electron chi connectivity index (χ2n) is 10.3. The molecule has 2 N–H and O–H groups in total. The van der Waals surface area contributed by atoms with E-state index in [9.17, 15) is 13.2 Å². The van der Waals surface area contributed by atoms with Gasteiger partial charge in [0, 0.05) is 36.1 Å². The maximum Gasteiger partial charge on any atom is 0.253 e. The SMILES string of the molecule is CC1CN(c2nccc(S(=O)(=O)c3cccc(OCc4cnn(-c5ccccc5)c4)n3)c2C(N)=O)C(C)(C)C1. The fraction of sp³-hybridized carbons (Fsp3) is 0.286. The van der Waals surface area contributed by atoms with Crippen LogP contribution in [0.15, 0.2) is 83.1 Å². The van der Waals surface area contributed by atoms with Gasteiger partial charge in [-0.1, -0.05) is 31.2 Å². The van der Waals surface area contributed by atoms with Gasteiger partial charge in [-0.25, -0.2) is 23.1 Å². The number of sulfone groups is 1. The quantitative estimate of drug-likeness (QED) is 0.353. The Bertz CT molecular complexity index is 1620. The van der Waals surface area contributed by atoms with Crippen LogP contribution in [0.25, 0.3) is 5.69 Å². The van der Waals surface area contributed by atoms with Crippen LogP contribution in [-0.4, -0.2) is 46.2 Å². The van der Waals surface area contributed by atoms with E-state index in [1.165, 1.54) is 18.3 Å². The number of nitrogens with zero attached hydrogens (tertiary/aromatic N) is 5. The molecule has 3 aromatic heterocycles. The van der Waals surface area contributed by atoms with Crippen LogP contribution >= 0.6 is 0 Å². The minimum absolute atomic E-state index is 0.118. The van der Waals surface area contributed by atoms with Crippen molar-refractivity contribution in [3.63, 3.8) is 0 Å². The molecular weight excluding hydrogens is 516 g/mol. The maximum atomic E-state index is 13.8. The lowest BCUT2D eigenvalue weighted by molar-refractivity contribution is 0.0997.